The van der Waals surface area contributed by atoms with E-state index in [2.05, 4.69) is 51.5 Å². The molecule has 1 aromatic carbocycles. The summed E-state index contributed by atoms with van der Waals surface area (Å²) in [6.07, 6.45) is 2.79. The van der Waals surface area contributed by atoms with Gasteiger partial charge in [-0.15, -0.1) is 0 Å². The van der Waals surface area contributed by atoms with Crippen LogP contribution in [0.15, 0.2) is 24.3 Å². The van der Waals surface area contributed by atoms with Crippen molar-refractivity contribution in [2.24, 2.45) is 5.41 Å². The molecule has 20 heavy (non-hydrogen) atoms. The van der Waals surface area contributed by atoms with Crippen molar-refractivity contribution in [2.45, 2.75) is 57.9 Å². The van der Waals surface area contributed by atoms with Crippen LogP contribution in [-0.4, -0.2) is 18.0 Å². The van der Waals surface area contributed by atoms with E-state index >= 15 is 0 Å². The van der Waals surface area contributed by atoms with Gasteiger partial charge in [0, 0.05) is 0 Å². The fourth-order valence-electron chi connectivity index (χ4n) is 2.15. The van der Waals surface area contributed by atoms with Gasteiger partial charge in [0.25, 0.3) is 0 Å². The topological polar surface area (TPSA) is 44.0 Å². The fourth-order valence-corrected chi connectivity index (χ4v) is 2.15. The van der Waals surface area contributed by atoms with Gasteiger partial charge in [-0.25, -0.2) is 0 Å². The Kier molecular flexibility index (Phi) is 3.73. The largest absolute Gasteiger partial charge is 0.390 e. The Bertz CT molecular complexity index is 515. The summed E-state index contributed by atoms with van der Waals surface area (Å²) in [6, 6.07) is 10.7. The number of nitrogens with zero attached hydrogens (tertiary/aromatic N) is 1. The van der Waals surface area contributed by atoms with Gasteiger partial charge in [-0.2, -0.15) is 5.26 Å². The van der Waals surface area contributed by atoms with Crippen molar-refractivity contribution < 1.29 is 5.11 Å². The lowest BCUT2D eigenvalue weighted by Crippen LogP contribution is -2.40. The van der Waals surface area contributed by atoms with E-state index in [0.717, 1.165) is 30.2 Å². The summed E-state index contributed by atoms with van der Waals surface area (Å²) in [7, 11) is 2.16. The Balaban J connectivity index is 2.01. The van der Waals surface area contributed by atoms with Gasteiger partial charge in [0.15, 0.2) is 7.28 Å². The lowest BCUT2D eigenvalue weighted by molar-refractivity contribution is -0.0236. The molecule has 3 heteroatoms. The third kappa shape index (κ3) is 2.91. The molecule has 0 amide bonds. The molecule has 1 fully saturated rings. The van der Waals surface area contributed by atoms with Gasteiger partial charge in [-0.1, -0.05) is 49.9 Å². The second kappa shape index (κ2) is 4.93. The van der Waals surface area contributed by atoms with Gasteiger partial charge in [-0.05, 0) is 37.7 Å². The normalized spacial score (nSPS) is 17.4. The molecule has 1 aliphatic carbocycles. The van der Waals surface area contributed by atoms with Crippen LogP contribution < -0.4 is 5.46 Å². The SMILES string of the molecule is CC(C)(O)C(C)(C)C[B]c1ccc(C2(C#N)CC2)cc1. The minimum absolute atomic E-state index is 0.171. The molecular formula is C17H23BNO. The van der Waals surface area contributed by atoms with Crippen molar-refractivity contribution >= 4 is 12.7 Å². The summed E-state index contributed by atoms with van der Waals surface area (Å²) in [5, 5.41) is 19.4. The Morgan fingerprint density at radius 2 is 1.75 bits per heavy atom. The zero-order valence-electron chi connectivity index (χ0n) is 12.9. The highest BCUT2D eigenvalue weighted by molar-refractivity contribution is 6.53. The molecule has 0 bridgehead atoms. The Morgan fingerprint density at radius 1 is 1.20 bits per heavy atom. The first kappa shape index (κ1) is 15.1. The molecule has 0 atom stereocenters. The van der Waals surface area contributed by atoms with Gasteiger partial charge < -0.3 is 5.11 Å². The van der Waals surface area contributed by atoms with Crippen LogP contribution in [0.1, 0.15) is 46.1 Å². The van der Waals surface area contributed by atoms with Crippen molar-refractivity contribution in [3.05, 3.63) is 29.8 Å². The fraction of sp³-hybridized carbons (Fsp3) is 0.588. The maximum Gasteiger partial charge on any atom is 0.152 e. The van der Waals surface area contributed by atoms with Gasteiger partial charge >= 0.3 is 0 Å². The predicted molar refractivity (Wildman–Crippen MR) is 83.2 cm³/mol. The summed E-state index contributed by atoms with van der Waals surface area (Å²) in [5.74, 6) is 0. The highest BCUT2D eigenvalue weighted by Gasteiger charge is 2.44. The van der Waals surface area contributed by atoms with Gasteiger partial charge in [0.2, 0.25) is 0 Å². The molecule has 1 aliphatic rings. The minimum atomic E-state index is -0.706. The molecule has 0 aromatic heterocycles. The molecule has 0 saturated heterocycles. The maximum atomic E-state index is 10.2. The van der Waals surface area contributed by atoms with E-state index in [-0.39, 0.29) is 10.8 Å². The number of nitriles is 1. The third-order valence-corrected chi connectivity index (χ3v) is 4.93. The first-order valence-electron chi connectivity index (χ1n) is 7.28. The summed E-state index contributed by atoms with van der Waals surface area (Å²) in [4.78, 5) is 0. The lowest BCUT2D eigenvalue weighted by Gasteiger charge is -2.37. The Morgan fingerprint density at radius 3 is 2.15 bits per heavy atom. The van der Waals surface area contributed by atoms with E-state index in [0.29, 0.717) is 0 Å². The van der Waals surface area contributed by atoms with Crippen molar-refractivity contribution in [1.29, 1.82) is 5.26 Å². The molecule has 1 saturated carbocycles. The van der Waals surface area contributed by atoms with Gasteiger partial charge in [0.05, 0.1) is 17.1 Å². The van der Waals surface area contributed by atoms with Gasteiger partial charge in [-0.3, -0.25) is 0 Å². The smallest absolute Gasteiger partial charge is 0.152 e. The molecule has 1 aromatic rings. The predicted octanol–water partition coefficient (Wildman–Crippen LogP) is 2.79. The molecule has 0 aliphatic heterocycles. The van der Waals surface area contributed by atoms with Crippen LogP contribution in [0.3, 0.4) is 0 Å². The molecule has 0 spiro atoms. The number of benzene rings is 1. The highest BCUT2D eigenvalue weighted by Crippen LogP contribution is 2.47. The average Bonchev–Trinajstić information content (AvgIpc) is 3.17. The van der Waals surface area contributed by atoms with Crippen LogP contribution in [0.5, 0.6) is 0 Å². The summed E-state index contributed by atoms with van der Waals surface area (Å²) >= 11 is 0. The molecule has 2 rings (SSSR count). The van der Waals surface area contributed by atoms with E-state index in [1.165, 1.54) is 0 Å². The number of hydrogen-bond acceptors (Lipinski definition) is 2. The molecule has 105 valence electrons. The van der Waals surface area contributed by atoms with E-state index < -0.39 is 5.60 Å². The van der Waals surface area contributed by atoms with Crippen LogP contribution in [0.25, 0.3) is 0 Å². The number of hydrogen-bond donors (Lipinski definition) is 1. The van der Waals surface area contributed by atoms with Crippen molar-refractivity contribution in [2.75, 3.05) is 0 Å². The summed E-state index contributed by atoms with van der Waals surface area (Å²) < 4.78 is 0. The molecular weight excluding hydrogens is 245 g/mol. The minimum Gasteiger partial charge on any atom is -0.390 e. The average molecular weight is 268 g/mol. The monoisotopic (exact) mass is 268 g/mol. The molecule has 1 radical (unpaired) electrons. The van der Waals surface area contributed by atoms with Crippen LogP contribution in [0, 0.1) is 16.7 Å². The number of rotatable bonds is 5. The van der Waals surface area contributed by atoms with Crippen LogP contribution in [0.2, 0.25) is 6.32 Å². The maximum absolute atomic E-state index is 10.2. The van der Waals surface area contributed by atoms with E-state index in [1.54, 1.807) is 0 Å². The quantitative estimate of drug-likeness (QED) is 0.834. The highest BCUT2D eigenvalue weighted by atomic mass is 16.3. The van der Waals surface area contributed by atoms with Crippen LogP contribution >= 0.6 is 0 Å². The van der Waals surface area contributed by atoms with Gasteiger partial charge in [0.1, 0.15) is 0 Å². The molecule has 0 heterocycles. The van der Waals surface area contributed by atoms with Crippen molar-refractivity contribution in [1.82, 2.24) is 0 Å². The standard InChI is InChI=1S/C17H23BNO/c1-15(2,16(3,4)20)11-18-14-7-5-13(6-8-14)17(12-19)9-10-17/h5-8,20H,9-11H2,1-4H3. The van der Waals surface area contributed by atoms with Crippen molar-refractivity contribution in [3.8, 4) is 6.07 Å². The van der Waals surface area contributed by atoms with E-state index in [4.69, 9.17) is 0 Å². The first-order valence-corrected chi connectivity index (χ1v) is 7.28. The third-order valence-electron chi connectivity index (χ3n) is 4.93. The van der Waals surface area contributed by atoms with E-state index in [9.17, 15) is 10.4 Å². The first-order chi connectivity index (χ1) is 9.20. The summed E-state index contributed by atoms with van der Waals surface area (Å²) in [6.45, 7) is 7.86. The second-order valence-corrected chi connectivity index (χ2v) is 7.17. The zero-order valence-corrected chi connectivity index (χ0v) is 12.9. The molecule has 2 nitrogen and oxygen atoms in total. The van der Waals surface area contributed by atoms with Crippen LogP contribution in [-0.2, 0) is 5.41 Å². The summed E-state index contributed by atoms with van der Waals surface area (Å²) in [5.41, 5.74) is 1.21. The second-order valence-electron chi connectivity index (χ2n) is 7.17. The lowest BCUT2D eigenvalue weighted by atomic mass is 9.56. The van der Waals surface area contributed by atoms with Crippen LogP contribution in [0.4, 0.5) is 0 Å². The van der Waals surface area contributed by atoms with Crippen molar-refractivity contribution in [3.63, 3.8) is 0 Å². The molecule has 1 N–H and O–H groups in total. The van der Waals surface area contributed by atoms with E-state index in [1.807, 2.05) is 13.8 Å². The Hall–Kier alpha value is -1.27. The molecule has 0 unspecified atom stereocenters. The Labute approximate surface area is 123 Å². The zero-order chi connectivity index (χ0) is 15.0. The number of aliphatic hydroxyl groups is 1.